The quantitative estimate of drug-likeness (QED) is 0.304. The zero-order chi connectivity index (χ0) is 23.0. The Kier molecular flexibility index (Phi) is 12.6. The van der Waals surface area contributed by atoms with Crippen LogP contribution in [0.1, 0.15) is 62.6 Å². The van der Waals surface area contributed by atoms with E-state index >= 15 is 0 Å². The SMILES string of the molecule is CC1=[C-]C(C)C=C1c1ccccc1.[Cl-].[Cl-].[Zr+2]=[C]1CCCCC1.[c-]1cccc2c1Cc1ccccc1-2. The molecule has 3 aromatic carbocycles. The Bertz CT molecular complexity index is 1110. The van der Waals surface area contributed by atoms with Crippen molar-refractivity contribution in [3.8, 4) is 11.1 Å². The first kappa shape index (κ1) is 29.7. The van der Waals surface area contributed by atoms with Gasteiger partial charge in [-0.3, -0.25) is 6.08 Å². The van der Waals surface area contributed by atoms with Crippen LogP contribution in [0.25, 0.3) is 16.7 Å². The summed E-state index contributed by atoms with van der Waals surface area (Å²) in [6, 6.07) is 28.6. The maximum atomic E-state index is 3.39. The van der Waals surface area contributed by atoms with Gasteiger partial charge < -0.3 is 24.8 Å². The van der Waals surface area contributed by atoms with Crippen LogP contribution in [0, 0.1) is 18.1 Å². The Morgan fingerprint density at radius 1 is 0.800 bits per heavy atom. The van der Waals surface area contributed by atoms with Gasteiger partial charge in [-0.1, -0.05) is 85.5 Å². The normalized spacial score (nSPS) is 17.0. The second-order valence-corrected chi connectivity index (χ2v) is 10.8. The van der Waals surface area contributed by atoms with E-state index in [0.717, 1.165) is 6.42 Å². The van der Waals surface area contributed by atoms with E-state index in [4.69, 9.17) is 0 Å². The van der Waals surface area contributed by atoms with Crippen molar-refractivity contribution < 1.29 is 49.0 Å². The number of rotatable bonds is 1. The summed E-state index contributed by atoms with van der Waals surface area (Å²) < 4.78 is 1.80. The average Bonchev–Trinajstić information content (AvgIpc) is 3.40. The molecular weight excluding hydrogens is 546 g/mol. The van der Waals surface area contributed by atoms with Gasteiger partial charge in [-0.25, -0.2) is 5.57 Å². The molecule has 3 heteroatoms. The van der Waals surface area contributed by atoms with Crippen molar-refractivity contribution in [1.29, 1.82) is 0 Å². The smallest absolute Gasteiger partial charge is 0.0253 e. The molecule has 180 valence electrons. The van der Waals surface area contributed by atoms with E-state index in [-0.39, 0.29) is 24.8 Å². The molecule has 6 rings (SSSR count). The number of hydrogen-bond acceptors (Lipinski definition) is 0. The van der Waals surface area contributed by atoms with Gasteiger partial charge in [-0.15, -0.1) is 11.1 Å². The third-order valence-corrected chi connectivity index (χ3v) is 7.65. The fraction of sp³-hybridized carbons (Fsp3) is 0.281. The molecular formula is C32H32Cl2Zr-2. The molecule has 35 heavy (non-hydrogen) atoms. The number of fused-ring (bicyclic) bond motifs is 3. The molecule has 3 aromatic rings. The molecule has 0 aliphatic heterocycles. The molecule has 3 aliphatic carbocycles. The van der Waals surface area contributed by atoms with Gasteiger partial charge in [0, 0.05) is 0 Å². The second kappa shape index (κ2) is 14.9. The van der Waals surface area contributed by atoms with Crippen molar-refractivity contribution in [1.82, 2.24) is 0 Å². The maximum Gasteiger partial charge on any atom is -0.0253 e. The van der Waals surface area contributed by atoms with E-state index in [0.29, 0.717) is 5.92 Å². The minimum absolute atomic E-state index is 0. The summed E-state index contributed by atoms with van der Waals surface area (Å²) in [4.78, 5) is 0. The van der Waals surface area contributed by atoms with E-state index in [1.807, 2.05) is 12.1 Å². The summed E-state index contributed by atoms with van der Waals surface area (Å²) in [5.74, 6) is 0.468. The van der Waals surface area contributed by atoms with Crippen LogP contribution in [0.4, 0.5) is 0 Å². The van der Waals surface area contributed by atoms with Crippen LogP contribution in [0.3, 0.4) is 0 Å². The largest absolute Gasteiger partial charge is 0.179 e. The van der Waals surface area contributed by atoms with Gasteiger partial charge in [0.15, 0.2) is 0 Å². The van der Waals surface area contributed by atoms with E-state index in [2.05, 4.69) is 92.7 Å². The minimum atomic E-state index is 0. The molecule has 0 saturated heterocycles. The summed E-state index contributed by atoms with van der Waals surface area (Å²) in [6.45, 7) is 4.29. The van der Waals surface area contributed by atoms with Gasteiger partial charge in [0.05, 0.1) is 0 Å². The Morgan fingerprint density at radius 3 is 2.09 bits per heavy atom. The van der Waals surface area contributed by atoms with Crippen LogP contribution in [0.15, 0.2) is 84.4 Å². The first-order valence-electron chi connectivity index (χ1n) is 12.1. The predicted molar refractivity (Wildman–Crippen MR) is 138 cm³/mol. The van der Waals surface area contributed by atoms with Gasteiger partial charge in [0.2, 0.25) is 0 Å². The van der Waals surface area contributed by atoms with Crippen molar-refractivity contribution in [3.05, 3.63) is 113 Å². The number of halogens is 2. The molecule has 0 aromatic heterocycles. The van der Waals surface area contributed by atoms with Crippen molar-refractivity contribution in [2.75, 3.05) is 0 Å². The molecule has 0 nitrogen and oxygen atoms in total. The van der Waals surface area contributed by atoms with Gasteiger partial charge in [-0.2, -0.15) is 41.5 Å². The third-order valence-electron chi connectivity index (χ3n) is 6.42. The molecule has 0 spiro atoms. The van der Waals surface area contributed by atoms with Crippen molar-refractivity contribution in [2.45, 2.75) is 52.4 Å². The number of hydrogen-bond donors (Lipinski definition) is 0. The number of benzene rings is 3. The average molecular weight is 579 g/mol. The summed E-state index contributed by atoms with van der Waals surface area (Å²) in [5.41, 5.74) is 9.43. The second-order valence-electron chi connectivity index (χ2n) is 9.06. The molecule has 0 bridgehead atoms. The first-order valence-corrected chi connectivity index (χ1v) is 13.4. The maximum absolute atomic E-state index is 3.39. The zero-order valence-electron chi connectivity index (χ0n) is 20.6. The molecule has 0 amide bonds. The van der Waals surface area contributed by atoms with E-state index in [1.165, 1.54) is 71.1 Å². The summed E-state index contributed by atoms with van der Waals surface area (Å²) in [7, 11) is 0. The molecule has 0 radical (unpaired) electrons. The van der Waals surface area contributed by atoms with Crippen LogP contribution >= 0.6 is 0 Å². The zero-order valence-corrected chi connectivity index (χ0v) is 24.6. The summed E-state index contributed by atoms with van der Waals surface area (Å²) in [6.07, 6.45) is 14.0. The van der Waals surface area contributed by atoms with Crippen LogP contribution < -0.4 is 24.8 Å². The molecule has 1 atom stereocenters. The van der Waals surface area contributed by atoms with Crippen molar-refractivity contribution in [3.63, 3.8) is 0 Å². The first-order chi connectivity index (χ1) is 16.1. The molecule has 3 aliphatic rings. The Morgan fingerprint density at radius 2 is 1.46 bits per heavy atom. The monoisotopic (exact) mass is 576 g/mol. The third kappa shape index (κ3) is 8.25. The molecule has 0 N–H and O–H groups in total. The van der Waals surface area contributed by atoms with Crippen LogP contribution in [0.5, 0.6) is 0 Å². The van der Waals surface area contributed by atoms with Crippen LogP contribution in [0.2, 0.25) is 0 Å². The van der Waals surface area contributed by atoms with Gasteiger partial charge >= 0.3 is 59.5 Å². The molecule has 0 heterocycles. The predicted octanol–water partition coefficient (Wildman–Crippen LogP) is 2.20. The van der Waals surface area contributed by atoms with Gasteiger partial charge in [-0.05, 0) is 6.42 Å². The van der Waals surface area contributed by atoms with E-state index in [1.54, 1.807) is 27.4 Å². The van der Waals surface area contributed by atoms with Gasteiger partial charge in [0.25, 0.3) is 0 Å². The van der Waals surface area contributed by atoms with Crippen molar-refractivity contribution in [2.24, 2.45) is 5.92 Å². The van der Waals surface area contributed by atoms with E-state index < -0.39 is 0 Å². The fourth-order valence-electron chi connectivity index (χ4n) is 4.74. The van der Waals surface area contributed by atoms with E-state index in [9.17, 15) is 0 Å². The van der Waals surface area contributed by atoms with Crippen LogP contribution in [-0.2, 0) is 30.7 Å². The standard InChI is InChI=1S/C13H9.C13H13.C6H10.2ClH.Zr/c1-3-7-12-10(5-1)9-11-6-2-4-8-13(11)12;1-10-8-11(2)13(9-10)12-6-4-3-5-7-12;1-2-4-6-5-3-1;;;/h1-5,7-8H,9H2;3-7,9-10H,1-2H3;1-5H2;2*1H;/q2*-1;;;;+2/p-2. The summed E-state index contributed by atoms with van der Waals surface area (Å²) >= 11 is 1.69. The van der Waals surface area contributed by atoms with Crippen LogP contribution in [-0.4, -0.2) is 3.21 Å². The molecule has 1 fully saturated rings. The summed E-state index contributed by atoms with van der Waals surface area (Å²) in [5, 5.41) is 0. The Hall–Kier alpha value is -1.53. The Balaban J connectivity index is 0.000000188. The minimum Gasteiger partial charge on any atom is -0.179 e. The topological polar surface area (TPSA) is 0 Å². The van der Waals surface area contributed by atoms with Gasteiger partial charge in [0.1, 0.15) is 0 Å². The van der Waals surface area contributed by atoms with Crippen molar-refractivity contribution >= 4 is 8.78 Å². The molecule has 1 unspecified atom stereocenters. The Labute approximate surface area is 239 Å². The molecule has 1 saturated carbocycles. The fourth-order valence-corrected chi connectivity index (χ4v) is 5.61. The number of allylic oxidation sites excluding steroid dienone is 4.